The maximum atomic E-state index is 12.6. The van der Waals surface area contributed by atoms with Crippen molar-refractivity contribution in [3.63, 3.8) is 0 Å². The van der Waals surface area contributed by atoms with Crippen LogP contribution in [-0.4, -0.2) is 42.3 Å². The van der Waals surface area contributed by atoms with Gasteiger partial charge in [-0.2, -0.15) is 0 Å². The molecular formula is C21H35N3O2. The van der Waals surface area contributed by atoms with Gasteiger partial charge in [-0.25, -0.2) is 4.79 Å². The number of nitrogens with one attached hydrogen (secondary N) is 1. The van der Waals surface area contributed by atoms with Crippen LogP contribution in [0.4, 0.5) is 4.79 Å². The van der Waals surface area contributed by atoms with Crippen LogP contribution in [0, 0.1) is 0 Å². The van der Waals surface area contributed by atoms with Gasteiger partial charge in [-0.05, 0) is 38.3 Å². The van der Waals surface area contributed by atoms with Crippen molar-refractivity contribution in [1.82, 2.24) is 10.2 Å². The molecule has 5 heteroatoms. The average molecular weight is 362 g/mol. The van der Waals surface area contributed by atoms with Crippen LogP contribution in [0.5, 0.6) is 0 Å². The standard InChI is InChI=1S/C19H29N3O2.C2H6/c1-19(2,3)24-18(23)22-14-16-9-5-4-8-15(16)12-17(22)13-21-11-7-6-10-20;1-2/h4-9,17,21H,10-14,20H2,1-3H3;1-2H3/b7-6+;. The molecular weight excluding hydrogens is 326 g/mol. The van der Waals surface area contributed by atoms with E-state index in [1.165, 1.54) is 11.1 Å². The summed E-state index contributed by atoms with van der Waals surface area (Å²) in [5.74, 6) is 0. The first kappa shape index (κ1) is 22.2. The van der Waals surface area contributed by atoms with E-state index >= 15 is 0 Å². The predicted molar refractivity (Wildman–Crippen MR) is 108 cm³/mol. The average Bonchev–Trinajstić information content (AvgIpc) is 2.61. The van der Waals surface area contributed by atoms with Gasteiger partial charge in [0.15, 0.2) is 0 Å². The zero-order valence-corrected chi connectivity index (χ0v) is 16.9. The van der Waals surface area contributed by atoms with Crippen LogP contribution in [0.25, 0.3) is 0 Å². The van der Waals surface area contributed by atoms with Crippen LogP contribution in [0.2, 0.25) is 0 Å². The van der Waals surface area contributed by atoms with Gasteiger partial charge >= 0.3 is 6.09 Å². The lowest BCUT2D eigenvalue weighted by Crippen LogP contribution is -2.50. The number of carbonyl (C=O) groups excluding carboxylic acids is 1. The molecule has 0 fully saturated rings. The fourth-order valence-corrected chi connectivity index (χ4v) is 2.82. The number of hydrogen-bond acceptors (Lipinski definition) is 4. The SMILES string of the molecule is CC.CC(C)(C)OC(=O)N1Cc2ccccc2CC1CNC/C=C/CN. The summed E-state index contributed by atoms with van der Waals surface area (Å²) in [5, 5.41) is 3.38. The van der Waals surface area contributed by atoms with Gasteiger partial charge in [0.05, 0.1) is 6.04 Å². The third-order valence-corrected chi connectivity index (χ3v) is 3.93. The minimum Gasteiger partial charge on any atom is -0.444 e. The van der Waals surface area contributed by atoms with Crippen molar-refractivity contribution in [2.45, 2.75) is 59.2 Å². The number of nitrogens with zero attached hydrogens (tertiary/aromatic N) is 1. The molecule has 0 aromatic heterocycles. The lowest BCUT2D eigenvalue weighted by molar-refractivity contribution is 0.0120. The van der Waals surface area contributed by atoms with Crippen molar-refractivity contribution in [2.75, 3.05) is 19.6 Å². The van der Waals surface area contributed by atoms with Crippen molar-refractivity contribution in [1.29, 1.82) is 0 Å². The number of ether oxygens (including phenoxy) is 1. The Morgan fingerprint density at radius 2 is 1.92 bits per heavy atom. The Bertz CT molecular complexity index is 579. The number of hydrogen-bond donors (Lipinski definition) is 2. The molecule has 1 unspecified atom stereocenters. The molecule has 1 aromatic rings. The quantitative estimate of drug-likeness (QED) is 0.622. The highest BCUT2D eigenvalue weighted by molar-refractivity contribution is 5.69. The number of fused-ring (bicyclic) bond motifs is 1. The number of carbonyl (C=O) groups is 1. The minimum absolute atomic E-state index is 0.0843. The third-order valence-electron chi connectivity index (χ3n) is 3.93. The van der Waals surface area contributed by atoms with E-state index in [1.54, 1.807) is 0 Å². The first-order chi connectivity index (χ1) is 12.4. The molecule has 146 valence electrons. The van der Waals surface area contributed by atoms with Gasteiger partial charge in [0.1, 0.15) is 5.60 Å². The van der Waals surface area contributed by atoms with Gasteiger partial charge in [-0.15, -0.1) is 0 Å². The Morgan fingerprint density at radius 3 is 2.54 bits per heavy atom. The van der Waals surface area contributed by atoms with E-state index in [0.717, 1.165) is 19.5 Å². The maximum Gasteiger partial charge on any atom is 0.410 e. The number of nitrogens with two attached hydrogens (primary N) is 1. The summed E-state index contributed by atoms with van der Waals surface area (Å²) in [7, 11) is 0. The fourth-order valence-electron chi connectivity index (χ4n) is 2.82. The summed E-state index contributed by atoms with van der Waals surface area (Å²) < 4.78 is 5.60. The van der Waals surface area contributed by atoms with Gasteiger partial charge in [0.2, 0.25) is 0 Å². The molecule has 2 rings (SSSR count). The molecule has 0 bridgehead atoms. The largest absolute Gasteiger partial charge is 0.444 e. The molecule has 1 aliphatic heterocycles. The zero-order valence-electron chi connectivity index (χ0n) is 16.9. The highest BCUT2D eigenvalue weighted by Gasteiger charge is 2.32. The monoisotopic (exact) mass is 361 g/mol. The highest BCUT2D eigenvalue weighted by atomic mass is 16.6. The van der Waals surface area contributed by atoms with E-state index in [9.17, 15) is 4.79 Å². The summed E-state index contributed by atoms with van der Waals surface area (Å²) >= 11 is 0. The zero-order chi connectivity index (χ0) is 19.6. The summed E-state index contributed by atoms with van der Waals surface area (Å²) in [5.41, 5.74) is 7.46. The van der Waals surface area contributed by atoms with Gasteiger partial charge in [-0.3, -0.25) is 4.90 Å². The summed E-state index contributed by atoms with van der Waals surface area (Å²) in [6.45, 7) is 12.3. The number of rotatable bonds is 5. The van der Waals surface area contributed by atoms with Crippen LogP contribution < -0.4 is 11.1 Å². The Labute approximate surface area is 158 Å². The molecule has 0 aliphatic carbocycles. The summed E-state index contributed by atoms with van der Waals surface area (Å²) in [6, 6.07) is 8.38. The first-order valence-corrected chi connectivity index (χ1v) is 9.53. The van der Waals surface area contributed by atoms with E-state index in [4.69, 9.17) is 10.5 Å². The second kappa shape index (κ2) is 11.0. The van der Waals surface area contributed by atoms with Crippen molar-refractivity contribution in [2.24, 2.45) is 5.73 Å². The van der Waals surface area contributed by atoms with Crippen LogP contribution in [0.15, 0.2) is 36.4 Å². The van der Waals surface area contributed by atoms with Crippen LogP contribution in [-0.2, 0) is 17.7 Å². The molecule has 1 aliphatic rings. The van der Waals surface area contributed by atoms with Crippen LogP contribution in [0.1, 0.15) is 45.7 Å². The van der Waals surface area contributed by atoms with E-state index in [-0.39, 0.29) is 12.1 Å². The molecule has 1 amide bonds. The van der Waals surface area contributed by atoms with Gasteiger partial charge in [0.25, 0.3) is 0 Å². The van der Waals surface area contributed by atoms with Gasteiger partial charge < -0.3 is 15.8 Å². The first-order valence-electron chi connectivity index (χ1n) is 9.53. The summed E-state index contributed by atoms with van der Waals surface area (Å²) in [6.07, 6.45) is 4.52. The Kier molecular flexibility index (Phi) is 9.38. The smallest absolute Gasteiger partial charge is 0.410 e. The molecule has 5 nitrogen and oxygen atoms in total. The highest BCUT2D eigenvalue weighted by Crippen LogP contribution is 2.25. The van der Waals surface area contributed by atoms with E-state index in [2.05, 4.69) is 23.5 Å². The molecule has 1 aromatic carbocycles. The fraction of sp³-hybridized carbons (Fsp3) is 0.571. The van der Waals surface area contributed by atoms with E-state index < -0.39 is 5.60 Å². The molecule has 1 atom stereocenters. The molecule has 0 saturated carbocycles. The lowest BCUT2D eigenvalue weighted by Gasteiger charge is -2.38. The van der Waals surface area contributed by atoms with Crippen molar-refractivity contribution in [3.8, 4) is 0 Å². The molecule has 1 heterocycles. The lowest BCUT2D eigenvalue weighted by atomic mass is 9.94. The molecule has 0 saturated heterocycles. The van der Waals surface area contributed by atoms with E-state index in [0.29, 0.717) is 13.1 Å². The molecule has 0 spiro atoms. The normalized spacial score (nSPS) is 16.7. The van der Waals surface area contributed by atoms with Crippen LogP contribution in [0.3, 0.4) is 0 Å². The van der Waals surface area contributed by atoms with Crippen molar-refractivity contribution < 1.29 is 9.53 Å². The molecule has 0 radical (unpaired) electrons. The molecule has 3 N–H and O–H groups in total. The molecule has 26 heavy (non-hydrogen) atoms. The van der Waals surface area contributed by atoms with Gasteiger partial charge in [-0.1, -0.05) is 50.3 Å². The summed E-state index contributed by atoms with van der Waals surface area (Å²) in [4.78, 5) is 14.5. The number of benzene rings is 1. The maximum absolute atomic E-state index is 12.6. The third kappa shape index (κ3) is 7.18. The Balaban J connectivity index is 0.00000163. The van der Waals surface area contributed by atoms with Gasteiger partial charge in [0, 0.05) is 26.2 Å². The topological polar surface area (TPSA) is 67.6 Å². The van der Waals surface area contributed by atoms with Crippen molar-refractivity contribution >= 4 is 6.09 Å². The Hall–Kier alpha value is -1.85. The minimum atomic E-state index is -0.490. The number of amides is 1. The second-order valence-corrected chi connectivity index (χ2v) is 7.10. The predicted octanol–water partition coefficient (Wildman–Crippen LogP) is 3.48. The Morgan fingerprint density at radius 1 is 1.27 bits per heavy atom. The van der Waals surface area contributed by atoms with Crippen LogP contribution >= 0.6 is 0 Å². The van der Waals surface area contributed by atoms with Crippen molar-refractivity contribution in [3.05, 3.63) is 47.5 Å². The van der Waals surface area contributed by atoms with E-state index in [1.807, 2.05) is 57.7 Å². The second-order valence-electron chi connectivity index (χ2n) is 7.10.